The van der Waals surface area contributed by atoms with Gasteiger partial charge in [-0.3, -0.25) is 9.58 Å². The summed E-state index contributed by atoms with van der Waals surface area (Å²) in [4.78, 5) is 2.49. The van der Waals surface area contributed by atoms with Gasteiger partial charge < -0.3 is 5.73 Å². The van der Waals surface area contributed by atoms with Crippen molar-refractivity contribution in [2.75, 3.05) is 13.1 Å². The van der Waals surface area contributed by atoms with E-state index in [0.29, 0.717) is 12.0 Å². The van der Waals surface area contributed by atoms with Crippen molar-refractivity contribution in [2.24, 2.45) is 18.7 Å². The molecule has 2 unspecified atom stereocenters. The van der Waals surface area contributed by atoms with Gasteiger partial charge in [-0.15, -0.1) is 0 Å². The summed E-state index contributed by atoms with van der Waals surface area (Å²) in [6.07, 6.45) is 2.12. The van der Waals surface area contributed by atoms with Crippen LogP contribution >= 0.6 is 0 Å². The van der Waals surface area contributed by atoms with Crippen molar-refractivity contribution in [1.29, 1.82) is 0 Å². The van der Waals surface area contributed by atoms with E-state index >= 15 is 0 Å². The maximum Gasteiger partial charge on any atom is 0.0625 e. The maximum atomic E-state index is 6.05. The molecule has 2 atom stereocenters. The molecule has 0 saturated carbocycles. The first kappa shape index (κ1) is 12.6. The van der Waals surface area contributed by atoms with Gasteiger partial charge in [0.05, 0.1) is 11.4 Å². The van der Waals surface area contributed by atoms with Crippen molar-refractivity contribution in [3.63, 3.8) is 0 Å². The van der Waals surface area contributed by atoms with Gasteiger partial charge in [0.1, 0.15) is 0 Å². The summed E-state index contributed by atoms with van der Waals surface area (Å²) in [5.74, 6) is 0.600. The van der Waals surface area contributed by atoms with Crippen LogP contribution in [0.5, 0.6) is 0 Å². The molecule has 1 fully saturated rings. The molecule has 2 N–H and O–H groups in total. The number of nitrogens with zero attached hydrogens (tertiary/aromatic N) is 3. The van der Waals surface area contributed by atoms with Gasteiger partial charge in [0, 0.05) is 32.7 Å². The second-order valence-electron chi connectivity index (χ2n) is 5.27. The van der Waals surface area contributed by atoms with Crippen LogP contribution in [-0.2, 0) is 20.0 Å². The Morgan fingerprint density at radius 2 is 2.29 bits per heavy atom. The molecule has 0 aromatic carbocycles. The predicted molar refractivity (Wildman–Crippen MR) is 69.6 cm³/mol. The number of aryl methyl sites for hydroxylation is 2. The molecule has 1 aliphatic rings. The van der Waals surface area contributed by atoms with E-state index in [1.807, 2.05) is 11.7 Å². The fourth-order valence-electron chi connectivity index (χ4n) is 2.52. The molecule has 1 aromatic rings. The van der Waals surface area contributed by atoms with E-state index in [9.17, 15) is 0 Å². The monoisotopic (exact) mass is 236 g/mol. The third-order valence-electron chi connectivity index (χ3n) is 3.83. The van der Waals surface area contributed by atoms with E-state index in [4.69, 9.17) is 5.73 Å². The smallest absolute Gasteiger partial charge is 0.0625 e. The van der Waals surface area contributed by atoms with E-state index in [1.165, 1.54) is 11.4 Å². The highest BCUT2D eigenvalue weighted by atomic mass is 15.3. The Kier molecular flexibility index (Phi) is 3.84. The molecule has 0 aliphatic carbocycles. The number of rotatable bonds is 3. The summed E-state index contributed by atoms with van der Waals surface area (Å²) < 4.78 is 2.01. The normalized spacial score (nSPS) is 26.4. The summed E-state index contributed by atoms with van der Waals surface area (Å²) in [6, 6.07) is 2.60. The van der Waals surface area contributed by atoms with Crippen LogP contribution in [0.25, 0.3) is 0 Å². The molecule has 2 rings (SSSR count). The van der Waals surface area contributed by atoms with Gasteiger partial charge in [-0.1, -0.05) is 13.8 Å². The lowest BCUT2D eigenvalue weighted by Gasteiger charge is -2.34. The first-order chi connectivity index (χ1) is 8.10. The third kappa shape index (κ3) is 2.87. The average Bonchev–Trinajstić information content (AvgIpc) is 2.65. The van der Waals surface area contributed by atoms with Gasteiger partial charge in [0.15, 0.2) is 0 Å². The number of nitrogens with two attached hydrogens (primary N) is 1. The highest BCUT2D eigenvalue weighted by molar-refractivity contribution is 5.10. The van der Waals surface area contributed by atoms with Crippen molar-refractivity contribution in [3.8, 4) is 0 Å². The zero-order valence-corrected chi connectivity index (χ0v) is 11.2. The molecule has 1 aliphatic heterocycles. The quantitative estimate of drug-likeness (QED) is 0.856. The minimum absolute atomic E-state index is 0.379. The van der Waals surface area contributed by atoms with Gasteiger partial charge in [-0.25, -0.2) is 0 Å². The fourth-order valence-corrected chi connectivity index (χ4v) is 2.52. The minimum Gasteiger partial charge on any atom is -0.327 e. The van der Waals surface area contributed by atoms with Gasteiger partial charge in [0.25, 0.3) is 0 Å². The van der Waals surface area contributed by atoms with Crippen molar-refractivity contribution in [3.05, 3.63) is 17.5 Å². The summed E-state index contributed by atoms with van der Waals surface area (Å²) in [5, 5.41) is 4.49. The van der Waals surface area contributed by atoms with E-state index in [-0.39, 0.29) is 0 Å². The Balaban J connectivity index is 1.98. The number of likely N-dealkylation sites (tertiary alicyclic amines) is 1. The Hall–Kier alpha value is -0.870. The van der Waals surface area contributed by atoms with E-state index in [1.54, 1.807) is 0 Å². The van der Waals surface area contributed by atoms with Crippen LogP contribution in [0.1, 0.15) is 31.7 Å². The molecule has 0 spiro atoms. The highest BCUT2D eigenvalue weighted by Crippen LogP contribution is 2.17. The molecule has 17 heavy (non-hydrogen) atoms. The molecular formula is C13H24N4. The molecule has 0 radical (unpaired) electrons. The van der Waals surface area contributed by atoms with E-state index in [0.717, 1.165) is 32.5 Å². The van der Waals surface area contributed by atoms with E-state index in [2.05, 4.69) is 29.9 Å². The fraction of sp³-hybridized carbons (Fsp3) is 0.769. The van der Waals surface area contributed by atoms with Crippen LogP contribution in [0.2, 0.25) is 0 Å². The number of hydrogen-bond acceptors (Lipinski definition) is 3. The van der Waals surface area contributed by atoms with Crippen LogP contribution in [0.15, 0.2) is 6.07 Å². The second-order valence-corrected chi connectivity index (χ2v) is 5.27. The lowest BCUT2D eigenvalue weighted by molar-refractivity contribution is 0.154. The Labute approximate surface area is 104 Å². The SMILES string of the molecule is CCc1cc(CN2CCC(N)C(C)C2)n(C)n1. The number of hydrogen-bond donors (Lipinski definition) is 1. The Morgan fingerprint density at radius 1 is 1.53 bits per heavy atom. The van der Waals surface area contributed by atoms with Crippen LogP contribution in [0.3, 0.4) is 0 Å². The van der Waals surface area contributed by atoms with Gasteiger partial charge in [0.2, 0.25) is 0 Å². The number of aromatic nitrogens is 2. The first-order valence-electron chi connectivity index (χ1n) is 6.60. The van der Waals surface area contributed by atoms with Crippen LogP contribution < -0.4 is 5.73 Å². The predicted octanol–water partition coefficient (Wildman–Crippen LogP) is 1.15. The molecule has 0 amide bonds. The van der Waals surface area contributed by atoms with Crippen molar-refractivity contribution < 1.29 is 0 Å². The largest absolute Gasteiger partial charge is 0.327 e. The molecule has 2 heterocycles. The molecule has 1 aromatic heterocycles. The molecule has 4 nitrogen and oxygen atoms in total. The zero-order chi connectivity index (χ0) is 12.4. The van der Waals surface area contributed by atoms with Crippen molar-refractivity contribution >= 4 is 0 Å². The van der Waals surface area contributed by atoms with Gasteiger partial charge >= 0.3 is 0 Å². The topological polar surface area (TPSA) is 47.1 Å². The lowest BCUT2D eigenvalue weighted by atomic mass is 9.95. The first-order valence-corrected chi connectivity index (χ1v) is 6.60. The summed E-state index contributed by atoms with van der Waals surface area (Å²) in [5.41, 5.74) is 8.54. The average molecular weight is 236 g/mol. The highest BCUT2D eigenvalue weighted by Gasteiger charge is 2.23. The Morgan fingerprint density at radius 3 is 2.88 bits per heavy atom. The molecule has 0 bridgehead atoms. The molecule has 1 saturated heterocycles. The summed E-state index contributed by atoms with van der Waals surface area (Å²) in [6.45, 7) is 7.61. The number of piperidine rings is 1. The third-order valence-corrected chi connectivity index (χ3v) is 3.83. The van der Waals surface area contributed by atoms with Crippen LogP contribution in [0, 0.1) is 5.92 Å². The van der Waals surface area contributed by atoms with E-state index < -0.39 is 0 Å². The second kappa shape index (κ2) is 5.19. The zero-order valence-electron chi connectivity index (χ0n) is 11.2. The van der Waals surface area contributed by atoms with Gasteiger partial charge in [-0.05, 0) is 24.8 Å². The van der Waals surface area contributed by atoms with Crippen molar-refractivity contribution in [2.45, 2.75) is 39.3 Å². The summed E-state index contributed by atoms with van der Waals surface area (Å²) >= 11 is 0. The Bertz CT molecular complexity index is 371. The van der Waals surface area contributed by atoms with Crippen LogP contribution in [0.4, 0.5) is 0 Å². The van der Waals surface area contributed by atoms with Crippen LogP contribution in [-0.4, -0.2) is 33.8 Å². The molecular weight excluding hydrogens is 212 g/mol. The molecule has 96 valence electrons. The molecule has 4 heteroatoms. The minimum atomic E-state index is 0.379. The van der Waals surface area contributed by atoms with Crippen molar-refractivity contribution in [1.82, 2.24) is 14.7 Å². The lowest BCUT2D eigenvalue weighted by Crippen LogP contribution is -2.45. The summed E-state index contributed by atoms with van der Waals surface area (Å²) in [7, 11) is 2.04. The standard InChI is InChI=1S/C13H24N4/c1-4-11-7-12(16(3)15-11)9-17-6-5-13(14)10(2)8-17/h7,10,13H,4-6,8-9,14H2,1-3H3. The van der Waals surface area contributed by atoms with Gasteiger partial charge in [-0.2, -0.15) is 5.10 Å². The maximum absolute atomic E-state index is 6.05.